The second-order valence-electron chi connectivity index (χ2n) is 4.38. The first kappa shape index (κ1) is 11.0. The fourth-order valence-corrected chi connectivity index (χ4v) is 2.21. The van der Waals surface area contributed by atoms with E-state index in [1.807, 2.05) is 32.0 Å². The maximum absolute atomic E-state index is 10.3. The Morgan fingerprint density at radius 1 is 1.44 bits per heavy atom. The highest BCUT2D eigenvalue weighted by atomic mass is 16.5. The number of aryl methyl sites for hydroxylation is 2. The zero-order valence-corrected chi connectivity index (χ0v) is 9.58. The van der Waals surface area contributed by atoms with Crippen LogP contribution in [0, 0.1) is 25.2 Å². The molecule has 3 nitrogen and oxygen atoms in total. The maximum Gasteiger partial charge on any atom is 0.180 e. The quantitative estimate of drug-likeness (QED) is 0.678. The number of ether oxygens (including phenoxy) is 1. The number of aliphatic hydroxyl groups is 1. The molecule has 16 heavy (non-hydrogen) atoms. The molecular weight excluding hydrogens is 202 g/mol. The van der Waals surface area contributed by atoms with E-state index in [2.05, 4.69) is 0 Å². The van der Waals surface area contributed by atoms with E-state index in [1.54, 1.807) is 0 Å². The summed E-state index contributed by atoms with van der Waals surface area (Å²) >= 11 is 0. The Morgan fingerprint density at radius 3 is 2.88 bits per heavy atom. The Bertz CT molecular complexity index is 462. The fourth-order valence-electron chi connectivity index (χ4n) is 2.21. The summed E-state index contributed by atoms with van der Waals surface area (Å²) in [6.07, 6.45) is 1.12. The monoisotopic (exact) mass is 217 g/mol. The summed E-state index contributed by atoms with van der Waals surface area (Å²) in [6, 6.07) is 5.85. The van der Waals surface area contributed by atoms with Gasteiger partial charge in [-0.3, -0.25) is 0 Å². The average molecular weight is 217 g/mol. The molecule has 0 aromatic heterocycles. The third-order valence-electron chi connectivity index (χ3n) is 2.98. The first-order valence-electron chi connectivity index (χ1n) is 5.45. The molecular formula is C13H15NO2. The average Bonchev–Trinajstić information content (AvgIpc) is 2.40. The summed E-state index contributed by atoms with van der Waals surface area (Å²) in [5.41, 5.74) is 1.23. The molecule has 1 atom stereocenters. The molecule has 1 aliphatic heterocycles. The molecule has 84 valence electrons. The van der Waals surface area contributed by atoms with Crippen molar-refractivity contribution in [2.24, 2.45) is 0 Å². The smallest absolute Gasteiger partial charge is 0.180 e. The van der Waals surface area contributed by atoms with Gasteiger partial charge < -0.3 is 9.84 Å². The molecule has 1 unspecified atom stereocenters. The van der Waals surface area contributed by atoms with Gasteiger partial charge in [0.2, 0.25) is 0 Å². The second kappa shape index (κ2) is 3.80. The first-order chi connectivity index (χ1) is 7.57. The summed E-state index contributed by atoms with van der Waals surface area (Å²) in [6.45, 7) is 4.45. The molecule has 0 aliphatic carbocycles. The lowest BCUT2D eigenvalue weighted by Gasteiger charge is -2.21. The lowest BCUT2D eigenvalue weighted by atomic mass is 9.88. The van der Waals surface area contributed by atoms with E-state index in [-0.39, 0.29) is 0 Å². The molecule has 1 aliphatic rings. The lowest BCUT2D eigenvalue weighted by Crippen LogP contribution is -2.22. The number of fused-ring (bicyclic) bond motifs is 1. The van der Waals surface area contributed by atoms with Crippen LogP contribution in [0.25, 0.3) is 0 Å². The van der Waals surface area contributed by atoms with Gasteiger partial charge in [-0.15, -0.1) is 0 Å². The molecule has 1 N–H and O–H groups in total. The Kier molecular flexibility index (Phi) is 2.61. The number of nitrogens with zero attached hydrogens (tertiary/aromatic N) is 1. The standard InChI is InChI=1S/C13H15NO2/c1-9-6-10(2)12-11(7-9)13(15,8-14)4-3-5-16-12/h6-7,15H,3-5H2,1-2H3. The van der Waals surface area contributed by atoms with Crippen molar-refractivity contribution in [3.8, 4) is 11.8 Å². The topological polar surface area (TPSA) is 53.2 Å². The highest BCUT2D eigenvalue weighted by molar-refractivity contribution is 5.49. The van der Waals surface area contributed by atoms with Crippen LogP contribution in [0.4, 0.5) is 0 Å². The number of nitriles is 1. The molecule has 0 spiro atoms. The van der Waals surface area contributed by atoms with E-state index in [4.69, 9.17) is 10.00 Å². The van der Waals surface area contributed by atoms with Crippen LogP contribution in [0.5, 0.6) is 5.75 Å². The van der Waals surface area contributed by atoms with Gasteiger partial charge in [0.25, 0.3) is 0 Å². The van der Waals surface area contributed by atoms with Gasteiger partial charge in [-0.25, -0.2) is 0 Å². The minimum absolute atomic E-state index is 0.430. The molecule has 0 bridgehead atoms. The van der Waals surface area contributed by atoms with E-state index in [9.17, 15) is 5.11 Å². The van der Waals surface area contributed by atoms with Crippen LogP contribution in [0.3, 0.4) is 0 Å². The largest absolute Gasteiger partial charge is 0.493 e. The Morgan fingerprint density at radius 2 is 2.19 bits per heavy atom. The van der Waals surface area contributed by atoms with Gasteiger partial charge in [-0.1, -0.05) is 11.6 Å². The van der Waals surface area contributed by atoms with E-state index in [1.165, 1.54) is 0 Å². The van der Waals surface area contributed by atoms with Gasteiger partial charge in [0, 0.05) is 5.56 Å². The van der Waals surface area contributed by atoms with Crippen LogP contribution < -0.4 is 4.74 Å². The minimum Gasteiger partial charge on any atom is -0.493 e. The second-order valence-corrected chi connectivity index (χ2v) is 4.38. The molecule has 3 heteroatoms. The predicted octanol–water partition coefficient (Wildman–Crippen LogP) is 2.19. The third kappa shape index (κ3) is 1.66. The van der Waals surface area contributed by atoms with Crippen molar-refractivity contribution in [1.82, 2.24) is 0 Å². The Hall–Kier alpha value is -1.53. The normalized spacial score (nSPS) is 23.9. The van der Waals surface area contributed by atoms with Gasteiger partial charge in [0.15, 0.2) is 5.60 Å². The van der Waals surface area contributed by atoms with E-state index in [0.29, 0.717) is 30.8 Å². The van der Waals surface area contributed by atoms with Crippen LogP contribution in [0.15, 0.2) is 12.1 Å². The highest BCUT2D eigenvalue weighted by Crippen LogP contribution is 2.38. The van der Waals surface area contributed by atoms with Crippen molar-refractivity contribution < 1.29 is 9.84 Å². The van der Waals surface area contributed by atoms with Crippen LogP contribution in [0.2, 0.25) is 0 Å². The van der Waals surface area contributed by atoms with Crippen LogP contribution in [-0.4, -0.2) is 11.7 Å². The Balaban J connectivity index is 2.66. The number of benzene rings is 1. The van der Waals surface area contributed by atoms with Crippen LogP contribution >= 0.6 is 0 Å². The predicted molar refractivity (Wildman–Crippen MR) is 60.2 cm³/mol. The number of rotatable bonds is 0. The first-order valence-corrected chi connectivity index (χ1v) is 5.45. The SMILES string of the molecule is Cc1cc(C)c2c(c1)C(O)(C#N)CCCO2. The molecule has 0 saturated heterocycles. The minimum atomic E-state index is -1.40. The van der Waals surface area contributed by atoms with Crippen molar-refractivity contribution in [3.05, 3.63) is 28.8 Å². The third-order valence-corrected chi connectivity index (χ3v) is 2.98. The van der Waals surface area contributed by atoms with E-state index in [0.717, 1.165) is 11.1 Å². The fraction of sp³-hybridized carbons (Fsp3) is 0.462. The maximum atomic E-state index is 10.3. The summed E-state index contributed by atoms with van der Waals surface area (Å²) in [5.74, 6) is 0.673. The lowest BCUT2D eigenvalue weighted by molar-refractivity contribution is 0.0883. The zero-order chi connectivity index (χ0) is 11.8. The van der Waals surface area contributed by atoms with Crippen molar-refractivity contribution in [1.29, 1.82) is 5.26 Å². The van der Waals surface area contributed by atoms with E-state index < -0.39 is 5.60 Å². The Labute approximate surface area is 95.3 Å². The summed E-state index contributed by atoms with van der Waals surface area (Å²) in [4.78, 5) is 0. The zero-order valence-electron chi connectivity index (χ0n) is 9.58. The summed E-state index contributed by atoms with van der Waals surface area (Å²) in [5, 5.41) is 19.5. The van der Waals surface area contributed by atoms with Crippen LogP contribution in [0.1, 0.15) is 29.5 Å². The van der Waals surface area contributed by atoms with Gasteiger partial charge in [-0.05, 0) is 38.3 Å². The molecule has 0 amide bonds. The molecule has 1 heterocycles. The summed E-state index contributed by atoms with van der Waals surface area (Å²) < 4.78 is 5.62. The molecule has 1 aromatic carbocycles. The van der Waals surface area contributed by atoms with Crippen LogP contribution in [-0.2, 0) is 5.60 Å². The van der Waals surface area contributed by atoms with Crippen molar-refractivity contribution >= 4 is 0 Å². The van der Waals surface area contributed by atoms with Gasteiger partial charge >= 0.3 is 0 Å². The highest BCUT2D eigenvalue weighted by Gasteiger charge is 2.34. The molecule has 2 rings (SSSR count). The molecule has 1 aromatic rings. The van der Waals surface area contributed by atoms with Crippen molar-refractivity contribution in [2.75, 3.05) is 6.61 Å². The molecule has 0 fully saturated rings. The molecule has 0 radical (unpaired) electrons. The van der Waals surface area contributed by atoms with Gasteiger partial charge in [0.1, 0.15) is 11.8 Å². The summed E-state index contributed by atoms with van der Waals surface area (Å²) in [7, 11) is 0. The van der Waals surface area contributed by atoms with E-state index >= 15 is 0 Å². The van der Waals surface area contributed by atoms with Gasteiger partial charge in [0.05, 0.1) is 6.61 Å². The molecule has 0 saturated carbocycles. The van der Waals surface area contributed by atoms with Gasteiger partial charge in [-0.2, -0.15) is 5.26 Å². The van der Waals surface area contributed by atoms with Crippen molar-refractivity contribution in [2.45, 2.75) is 32.3 Å². The number of hydrogen-bond acceptors (Lipinski definition) is 3. The number of hydrogen-bond donors (Lipinski definition) is 1. The van der Waals surface area contributed by atoms with Crippen molar-refractivity contribution in [3.63, 3.8) is 0 Å².